The third-order valence-electron chi connectivity index (χ3n) is 2.13. The Labute approximate surface area is 79.1 Å². The number of carbonyl (C=O) groups excluding carboxylic acids is 1. The van der Waals surface area contributed by atoms with Crippen LogP contribution in [0.1, 0.15) is 19.3 Å². The second-order valence-corrected chi connectivity index (χ2v) is 4.41. The topological polar surface area (TPSA) is 17.1 Å². The minimum absolute atomic E-state index is 0.0459. The van der Waals surface area contributed by atoms with E-state index in [1.807, 2.05) is 0 Å². The van der Waals surface area contributed by atoms with Crippen LogP contribution < -0.4 is 0 Å². The molecular weight excluding hydrogens is 201 g/mol. The highest BCUT2D eigenvalue weighted by molar-refractivity contribution is 7.99. The van der Waals surface area contributed by atoms with Gasteiger partial charge in [0.2, 0.25) is 5.78 Å². The molecule has 1 aliphatic heterocycles. The first kappa shape index (κ1) is 10.9. The smallest absolute Gasteiger partial charge is 0.290 e. The third-order valence-corrected chi connectivity index (χ3v) is 3.18. The standard InChI is InChI=1S/C8H11F3OS/c9-8(10,11)7(12)5-6-1-3-13-4-2-6/h6H,1-5H2. The van der Waals surface area contributed by atoms with E-state index in [0.29, 0.717) is 0 Å². The number of Topliss-reactive ketones (excluding diaryl/α,β-unsaturated/α-hetero) is 1. The number of carbonyl (C=O) groups is 1. The Hall–Kier alpha value is -0.190. The van der Waals surface area contributed by atoms with Gasteiger partial charge in [0.1, 0.15) is 0 Å². The molecule has 1 nitrogen and oxygen atoms in total. The molecule has 0 saturated carbocycles. The zero-order chi connectivity index (χ0) is 9.90. The minimum atomic E-state index is -4.63. The van der Waals surface area contributed by atoms with Crippen molar-refractivity contribution < 1.29 is 18.0 Å². The molecule has 1 rings (SSSR count). The molecule has 1 saturated heterocycles. The van der Waals surface area contributed by atoms with E-state index in [0.717, 1.165) is 24.3 Å². The fourth-order valence-corrected chi connectivity index (χ4v) is 2.53. The molecule has 1 aliphatic rings. The summed E-state index contributed by atoms with van der Waals surface area (Å²) in [5.74, 6) is 0.158. The Morgan fingerprint density at radius 2 is 1.85 bits per heavy atom. The Kier molecular flexibility index (Phi) is 3.64. The van der Waals surface area contributed by atoms with Crippen LogP contribution in [0.5, 0.6) is 0 Å². The van der Waals surface area contributed by atoms with Gasteiger partial charge in [-0.3, -0.25) is 4.79 Å². The van der Waals surface area contributed by atoms with E-state index < -0.39 is 12.0 Å². The van der Waals surface area contributed by atoms with Gasteiger partial charge in [0.15, 0.2) is 0 Å². The van der Waals surface area contributed by atoms with Crippen molar-refractivity contribution >= 4 is 17.5 Å². The van der Waals surface area contributed by atoms with Crippen molar-refractivity contribution in [1.82, 2.24) is 0 Å². The first-order chi connectivity index (χ1) is 6.00. The highest BCUT2D eigenvalue weighted by Gasteiger charge is 2.39. The third kappa shape index (κ3) is 3.58. The van der Waals surface area contributed by atoms with Gasteiger partial charge in [-0.15, -0.1) is 0 Å². The van der Waals surface area contributed by atoms with Gasteiger partial charge in [0.25, 0.3) is 0 Å². The Morgan fingerprint density at radius 1 is 1.31 bits per heavy atom. The minimum Gasteiger partial charge on any atom is -0.290 e. The van der Waals surface area contributed by atoms with Gasteiger partial charge in [-0.05, 0) is 30.3 Å². The largest absolute Gasteiger partial charge is 0.449 e. The molecule has 0 aliphatic carbocycles. The number of alkyl halides is 3. The molecule has 0 aromatic heterocycles. The number of thioether (sulfide) groups is 1. The van der Waals surface area contributed by atoms with Crippen LogP contribution in [0.25, 0.3) is 0 Å². The Bertz CT molecular complexity index is 184. The molecule has 1 fully saturated rings. The normalized spacial score (nSPS) is 20.2. The maximum absolute atomic E-state index is 11.8. The van der Waals surface area contributed by atoms with Crippen LogP contribution in [0.4, 0.5) is 13.2 Å². The second kappa shape index (κ2) is 4.35. The molecule has 0 spiro atoms. The lowest BCUT2D eigenvalue weighted by atomic mass is 9.96. The van der Waals surface area contributed by atoms with Crippen LogP contribution in [0.2, 0.25) is 0 Å². The highest BCUT2D eigenvalue weighted by atomic mass is 32.2. The zero-order valence-corrected chi connectivity index (χ0v) is 7.88. The summed E-state index contributed by atoms with van der Waals surface area (Å²) < 4.78 is 35.5. The molecule has 0 atom stereocenters. The quantitative estimate of drug-likeness (QED) is 0.700. The number of hydrogen-bond acceptors (Lipinski definition) is 2. The van der Waals surface area contributed by atoms with Crippen LogP contribution in [0, 0.1) is 5.92 Å². The van der Waals surface area contributed by atoms with Gasteiger partial charge in [0, 0.05) is 6.42 Å². The van der Waals surface area contributed by atoms with Crippen molar-refractivity contribution in [2.24, 2.45) is 5.92 Å². The second-order valence-electron chi connectivity index (χ2n) is 3.18. The predicted molar refractivity (Wildman–Crippen MR) is 45.7 cm³/mol. The predicted octanol–water partition coefficient (Wildman–Crippen LogP) is 2.65. The van der Waals surface area contributed by atoms with E-state index >= 15 is 0 Å². The van der Waals surface area contributed by atoms with Crippen LogP contribution in [-0.4, -0.2) is 23.5 Å². The molecule has 0 amide bonds. The summed E-state index contributed by atoms with van der Waals surface area (Å²) in [6.07, 6.45) is -3.46. The zero-order valence-electron chi connectivity index (χ0n) is 7.06. The number of halogens is 3. The van der Waals surface area contributed by atoms with Gasteiger partial charge in [-0.2, -0.15) is 24.9 Å². The average Bonchev–Trinajstić information content (AvgIpc) is 2.04. The lowest BCUT2D eigenvalue weighted by Gasteiger charge is -2.20. The molecular formula is C8H11F3OS. The maximum Gasteiger partial charge on any atom is 0.449 e. The summed E-state index contributed by atoms with van der Waals surface area (Å²) in [5.41, 5.74) is 0. The fourth-order valence-electron chi connectivity index (χ4n) is 1.33. The molecule has 0 unspecified atom stereocenters. The summed E-state index contributed by atoms with van der Waals surface area (Å²) in [6.45, 7) is 0. The number of hydrogen-bond donors (Lipinski definition) is 0. The number of ketones is 1. The lowest BCUT2D eigenvalue weighted by Crippen LogP contribution is -2.26. The molecule has 0 aromatic carbocycles. The van der Waals surface area contributed by atoms with Crippen molar-refractivity contribution in [2.45, 2.75) is 25.4 Å². The summed E-state index contributed by atoms with van der Waals surface area (Å²) in [4.78, 5) is 10.6. The van der Waals surface area contributed by atoms with E-state index in [-0.39, 0.29) is 12.3 Å². The van der Waals surface area contributed by atoms with Crippen molar-refractivity contribution in [1.29, 1.82) is 0 Å². The Morgan fingerprint density at radius 3 is 2.31 bits per heavy atom. The first-order valence-corrected chi connectivity index (χ1v) is 5.33. The van der Waals surface area contributed by atoms with Gasteiger partial charge in [0.05, 0.1) is 0 Å². The Balaban J connectivity index is 2.35. The highest BCUT2D eigenvalue weighted by Crippen LogP contribution is 2.28. The molecule has 5 heteroatoms. The summed E-state index contributed by atoms with van der Waals surface area (Å²) in [6, 6.07) is 0. The summed E-state index contributed by atoms with van der Waals surface area (Å²) in [5, 5.41) is 0. The van der Waals surface area contributed by atoms with Crippen molar-refractivity contribution in [3.8, 4) is 0 Å². The average molecular weight is 212 g/mol. The van der Waals surface area contributed by atoms with Gasteiger partial charge >= 0.3 is 6.18 Å². The molecule has 1 heterocycles. The van der Waals surface area contributed by atoms with E-state index in [9.17, 15) is 18.0 Å². The van der Waals surface area contributed by atoms with Crippen molar-refractivity contribution in [3.63, 3.8) is 0 Å². The van der Waals surface area contributed by atoms with Gasteiger partial charge in [-0.25, -0.2) is 0 Å². The van der Waals surface area contributed by atoms with Crippen LogP contribution in [0.15, 0.2) is 0 Å². The van der Waals surface area contributed by atoms with Gasteiger partial charge in [-0.1, -0.05) is 0 Å². The fraction of sp³-hybridized carbons (Fsp3) is 0.875. The van der Waals surface area contributed by atoms with Gasteiger partial charge < -0.3 is 0 Å². The van der Waals surface area contributed by atoms with E-state index in [4.69, 9.17) is 0 Å². The van der Waals surface area contributed by atoms with E-state index in [1.54, 1.807) is 11.8 Å². The molecule has 0 radical (unpaired) electrons. The monoisotopic (exact) mass is 212 g/mol. The van der Waals surface area contributed by atoms with Crippen LogP contribution >= 0.6 is 11.8 Å². The molecule has 13 heavy (non-hydrogen) atoms. The SMILES string of the molecule is O=C(CC1CCSCC1)C(F)(F)F. The maximum atomic E-state index is 11.8. The summed E-state index contributed by atoms with van der Waals surface area (Å²) >= 11 is 1.74. The summed E-state index contributed by atoms with van der Waals surface area (Å²) in [7, 11) is 0. The van der Waals surface area contributed by atoms with E-state index in [2.05, 4.69) is 0 Å². The molecule has 76 valence electrons. The lowest BCUT2D eigenvalue weighted by molar-refractivity contribution is -0.172. The van der Waals surface area contributed by atoms with Crippen molar-refractivity contribution in [2.75, 3.05) is 11.5 Å². The molecule has 0 N–H and O–H groups in total. The first-order valence-electron chi connectivity index (χ1n) is 4.18. The number of rotatable bonds is 2. The van der Waals surface area contributed by atoms with E-state index in [1.165, 1.54) is 0 Å². The van der Waals surface area contributed by atoms with Crippen LogP contribution in [-0.2, 0) is 4.79 Å². The van der Waals surface area contributed by atoms with Crippen LogP contribution in [0.3, 0.4) is 0 Å². The molecule has 0 bridgehead atoms. The molecule has 0 aromatic rings. The van der Waals surface area contributed by atoms with Crippen molar-refractivity contribution in [3.05, 3.63) is 0 Å².